The number of halogens is 1. The quantitative estimate of drug-likeness (QED) is 0.337. The summed E-state index contributed by atoms with van der Waals surface area (Å²) in [5.74, 6) is 0.590. The maximum atomic E-state index is 12.6. The molecule has 0 radical (unpaired) electrons. The van der Waals surface area contributed by atoms with Gasteiger partial charge in [0.15, 0.2) is 5.16 Å². The first-order valence-electron chi connectivity index (χ1n) is 9.18. The highest BCUT2D eigenvalue weighted by molar-refractivity contribution is 7.99. The number of anilines is 1. The minimum Gasteiger partial charge on any atom is -0.495 e. The van der Waals surface area contributed by atoms with Crippen LogP contribution in [0.5, 0.6) is 5.75 Å². The molecule has 0 fully saturated rings. The summed E-state index contributed by atoms with van der Waals surface area (Å²) < 4.78 is 11.4. The van der Waals surface area contributed by atoms with Gasteiger partial charge in [-0.15, -0.1) is 0 Å². The van der Waals surface area contributed by atoms with Crippen molar-refractivity contribution < 1.29 is 13.9 Å². The van der Waals surface area contributed by atoms with Crippen molar-refractivity contribution >= 4 is 67.9 Å². The number of rotatable bonds is 5. The molecule has 5 aromatic rings. The van der Waals surface area contributed by atoms with Crippen LogP contribution >= 0.6 is 23.4 Å². The maximum Gasteiger partial charge on any atom is 0.234 e. The van der Waals surface area contributed by atoms with Gasteiger partial charge in [0.1, 0.15) is 16.9 Å². The number of imidazole rings is 1. The molecule has 2 aromatic heterocycles. The number of methoxy groups -OCH3 is 1. The van der Waals surface area contributed by atoms with Crippen LogP contribution in [0.15, 0.2) is 64.2 Å². The molecule has 5 rings (SSSR count). The van der Waals surface area contributed by atoms with Gasteiger partial charge < -0.3 is 19.5 Å². The lowest BCUT2D eigenvalue weighted by molar-refractivity contribution is -0.113. The molecule has 0 aliphatic rings. The van der Waals surface area contributed by atoms with Crippen molar-refractivity contribution in [3.05, 3.63) is 59.6 Å². The Balaban J connectivity index is 1.36. The second-order valence-electron chi connectivity index (χ2n) is 6.69. The fraction of sp³-hybridized carbons (Fsp3) is 0.0909. The van der Waals surface area contributed by atoms with Gasteiger partial charge in [-0.3, -0.25) is 4.79 Å². The lowest BCUT2D eigenvalue weighted by atomic mass is 10.1. The zero-order valence-electron chi connectivity index (χ0n) is 15.9. The first-order chi connectivity index (χ1) is 14.6. The van der Waals surface area contributed by atoms with Crippen molar-refractivity contribution in [3.63, 3.8) is 0 Å². The second-order valence-corrected chi connectivity index (χ2v) is 8.09. The van der Waals surface area contributed by atoms with Gasteiger partial charge in [0.05, 0.1) is 29.6 Å². The molecule has 2 N–H and O–H groups in total. The Kier molecular flexibility index (Phi) is 4.77. The molecular weight excluding hydrogens is 422 g/mol. The average Bonchev–Trinajstić information content (AvgIpc) is 3.31. The molecule has 0 saturated heterocycles. The number of carbonyl (C=O) groups is 1. The van der Waals surface area contributed by atoms with Gasteiger partial charge in [-0.25, -0.2) is 4.98 Å². The van der Waals surface area contributed by atoms with Crippen molar-refractivity contribution in [1.29, 1.82) is 0 Å². The third kappa shape index (κ3) is 3.46. The number of carbonyl (C=O) groups excluding carboxylic acids is 1. The summed E-state index contributed by atoms with van der Waals surface area (Å²) in [5, 5.41) is 6.14. The number of hydrogen-bond donors (Lipinski definition) is 2. The molecule has 0 bridgehead atoms. The Bertz CT molecular complexity index is 1410. The summed E-state index contributed by atoms with van der Waals surface area (Å²) in [4.78, 5) is 20.2. The summed E-state index contributed by atoms with van der Waals surface area (Å²) in [6.45, 7) is 0. The SMILES string of the molecule is COc1cc2c(cc1NC(=O)CSc1nc3ccc(Cl)cc3[nH]1)oc1ccccc12. The lowest BCUT2D eigenvalue weighted by Crippen LogP contribution is -2.14. The highest BCUT2D eigenvalue weighted by atomic mass is 35.5. The molecular formula is C22H16ClN3O3S. The Morgan fingerprint density at radius 1 is 1.17 bits per heavy atom. The number of para-hydroxylation sites is 1. The number of aromatic nitrogens is 2. The van der Waals surface area contributed by atoms with Crippen LogP contribution in [-0.4, -0.2) is 28.7 Å². The fourth-order valence-corrected chi connectivity index (χ4v) is 4.22. The first-order valence-corrected chi connectivity index (χ1v) is 10.5. The molecule has 1 amide bonds. The highest BCUT2D eigenvalue weighted by Crippen LogP contribution is 2.36. The molecule has 8 heteroatoms. The number of furan rings is 1. The van der Waals surface area contributed by atoms with E-state index in [4.69, 9.17) is 20.8 Å². The van der Waals surface area contributed by atoms with Gasteiger partial charge >= 0.3 is 0 Å². The normalized spacial score (nSPS) is 11.4. The molecule has 0 unspecified atom stereocenters. The standard InChI is InChI=1S/C22H16ClN3O3S/c1-28-20-9-14-13-4-2-3-5-18(13)29-19(14)10-17(20)24-21(27)11-30-22-25-15-7-6-12(23)8-16(15)26-22/h2-10H,11H2,1H3,(H,24,27)(H,25,26). The molecule has 0 spiro atoms. The third-order valence-electron chi connectivity index (χ3n) is 4.74. The van der Waals surface area contributed by atoms with Crippen LogP contribution in [0.4, 0.5) is 5.69 Å². The maximum absolute atomic E-state index is 12.6. The van der Waals surface area contributed by atoms with Crippen LogP contribution in [0.1, 0.15) is 0 Å². The Morgan fingerprint density at radius 2 is 2.03 bits per heavy atom. The van der Waals surface area contributed by atoms with Crippen LogP contribution in [0, 0.1) is 0 Å². The number of amides is 1. The number of fused-ring (bicyclic) bond motifs is 4. The van der Waals surface area contributed by atoms with E-state index in [1.807, 2.05) is 36.4 Å². The Hall–Kier alpha value is -3.16. The predicted molar refractivity (Wildman–Crippen MR) is 121 cm³/mol. The zero-order chi connectivity index (χ0) is 20.7. The van der Waals surface area contributed by atoms with E-state index in [1.54, 1.807) is 25.3 Å². The van der Waals surface area contributed by atoms with Crippen LogP contribution in [0.3, 0.4) is 0 Å². The van der Waals surface area contributed by atoms with Crippen LogP contribution in [-0.2, 0) is 4.79 Å². The number of thioether (sulfide) groups is 1. The third-order valence-corrected chi connectivity index (χ3v) is 5.84. The van der Waals surface area contributed by atoms with E-state index in [1.165, 1.54) is 11.8 Å². The van der Waals surface area contributed by atoms with Gasteiger partial charge in [0, 0.05) is 21.9 Å². The highest BCUT2D eigenvalue weighted by Gasteiger charge is 2.15. The molecule has 0 atom stereocenters. The molecule has 150 valence electrons. The molecule has 0 aliphatic heterocycles. The number of nitrogens with zero attached hydrogens (tertiary/aromatic N) is 1. The second kappa shape index (κ2) is 7.59. The van der Waals surface area contributed by atoms with Gasteiger partial charge in [-0.1, -0.05) is 41.6 Å². The minimum absolute atomic E-state index is 0.174. The molecule has 30 heavy (non-hydrogen) atoms. The monoisotopic (exact) mass is 437 g/mol. The fourth-order valence-electron chi connectivity index (χ4n) is 3.37. The minimum atomic E-state index is -0.174. The predicted octanol–water partition coefficient (Wildman–Crippen LogP) is 5.86. The first kappa shape index (κ1) is 18.8. The summed E-state index contributed by atoms with van der Waals surface area (Å²) in [7, 11) is 1.58. The van der Waals surface area contributed by atoms with Crippen molar-refractivity contribution in [1.82, 2.24) is 9.97 Å². The Morgan fingerprint density at radius 3 is 2.90 bits per heavy atom. The van der Waals surface area contributed by atoms with Crippen LogP contribution in [0.25, 0.3) is 33.0 Å². The number of H-pyrrole nitrogens is 1. The number of aromatic amines is 1. The lowest BCUT2D eigenvalue weighted by Gasteiger charge is -2.10. The summed E-state index contributed by atoms with van der Waals surface area (Å²) in [5.41, 5.74) is 3.68. The topological polar surface area (TPSA) is 80.1 Å². The van der Waals surface area contributed by atoms with E-state index in [0.717, 1.165) is 27.4 Å². The Labute approximate surface area is 180 Å². The van der Waals surface area contributed by atoms with E-state index in [-0.39, 0.29) is 11.7 Å². The van der Waals surface area contributed by atoms with Gasteiger partial charge in [-0.2, -0.15) is 0 Å². The van der Waals surface area contributed by atoms with Gasteiger partial charge in [0.25, 0.3) is 0 Å². The van der Waals surface area contributed by atoms with E-state index in [9.17, 15) is 4.79 Å². The summed E-state index contributed by atoms with van der Waals surface area (Å²) in [6.07, 6.45) is 0. The largest absolute Gasteiger partial charge is 0.495 e. The van der Waals surface area contributed by atoms with Crippen LogP contribution < -0.4 is 10.1 Å². The summed E-state index contributed by atoms with van der Waals surface area (Å²) >= 11 is 7.32. The number of nitrogens with one attached hydrogen (secondary N) is 2. The van der Waals surface area contributed by atoms with E-state index >= 15 is 0 Å². The molecule has 2 heterocycles. The van der Waals surface area contributed by atoms with Crippen molar-refractivity contribution in [3.8, 4) is 5.75 Å². The molecule has 6 nitrogen and oxygen atoms in total. The molecule has 0 saturated carbocycles. The van der Waals surface area contributed by atoms with Crippen LogP contribution in [0.2, 0.25) is 5.02 Å². The molecule has 0 aliphatic carbocycles. The number of benzene rings is 3. The smallest absolute Gasteiger partial charge is 0.234 e. The van der Waals surface area contributed by atoms with E-state index < -0.39 is 0 Å². The van der Waals surface area contributed by atoms with Gasteiger partial charge in [-0.05, 0) is 30.3 Å². The molecule has 3 aromatic carbocycles. The number of hydrogen-bond acceptors (Lipinski definition) is 5. The van der Waals surface area contributed by atoms with Crippen molar-refractivity contribution in [2.24, 2.45) is 0 Å². The zero-order valence-corrected chi connectivity index (χ0v) is 17.4. The van der Waals surface area contributed by atoms with E-state index in [2.05, 4.69) is 15.3 Å². The number of ether oxygens (including phenoxy) is 1. The summed E-state index contributed by atoms with van der Waals surface area (Å²) in [6, 6.07) is 16.9. The van der Waals surface area contributed by atoms with E-state index in [0.29, 0.717) is 27.2 Å². The van der Waals surface area contributed by atoms with Crippen molar-refractivity contribution in [2.45, 2.75) is 5.16 Å². The van der Waals surface area contributed by atoms with Crippen molar-refractivity contribution in [2.75, 3.05) is 18.2 Å². The van der Waals surface area contributed by atoms with Gasteiger partial charge in [0.2, 0.25) is 5.91 Å². The average molecular weight is 438 g/mol.